The number of carbonyl (C=O) groups is 1. The molecule has 0 aromatic heterocycles. The van der Waals surface area contributed by atoms with Gasteiger partial charge in [-0.3, -0.25) is 4.79 Å². The molecule has 0 saturated carbocycles. The van der Waals surface area contributed by atoms with Gasteiger partial charge in [-0.25, -0.2) is 0 Å². The number of anilines is 1. The number of carbonyl (C=O) groups excluding carboxylic acids is 1. The molecule has 2 N–H and O–H groups in total. The van der Waals surface area contributed by atoms with Crippen LogP contribution in [0.15, 0.2) is 54.6 Å². The second-order valence-electron chi connectivity index (χ2n) is 5.80. The van der Waals surface area contributed by atoms with E-state index in [0.717, 1.165) is 30.8 Å². The topological polar surface area (TPSA) is 50.4 Å². The van der Waals surface area contributed by atoms with E-state index in [0.29, 0.717) is 13.0 Å². The molecule has 1 aliphatic rings. The van der Waals surface area contributed by atoms with E-state index in [4.69, 9.17) is 4.74 Å². The third-order valence-electron chi connectivity index (χ3n) is 3.96. The van der Waals surface area contributed by atoms with Gasteiger partial charge in [0.05, 0.1) is 13.2 Å². The summed E-state index contributed by atoms with van der Waals surface area (Å²) < 4.78 is 5.39. The van der Waals surface area contributed by atoms with Gasteiger partial charge in [0, 0.05) is 24.7 Å². The number of ether oxygens (including phenoxy) is 1. The van der Waals surface area contributed by atoms with Crippen LogP contribution in [0.4, 0.5) is 5.69 Å². The normalized spacial score (nSPS) is 17.7. The fourth-order valence-corrected chi connectivity index (χ4v) is 2.79. The number of rotatable bonds is 5. The van der Waals surface area contributed by atoms with E-state index >= 15 is 0 Å². The molecular formula is C19H22N2O2. The van der Waals surface area contributed by atoms with Crippen LogP contribution in [0.3, 0.4) is 0 Å². The minimum absolute atomic E-state index is 0.0218. The molecule has 1 unspecified atom stereocenters. The van der Waals surface area contributed by atoms with E-state index in [-0.39, 0.29) is 11.9 Å². The molecule has 4 heteroatoms. The molecule has 1 aliphatic heterocycles. The summed E-state index contributed by atoms with van der Waals surface area (Å²) in [5.41, 5.74) is 3.24. The largest absolute Gasteiger partial charge is 0.378 e. The molecule has 1 atom stereocenters. The van der Waals surface area contributed by atoms with Crippen molar-refractivity contribution in [2.75, 3.05) is 25.1 Å². The van der Waals surface area contributed by atoms with E-state index in [1.54, 1.807) is 0 Å². The first kappa shape index (κ1) is 15.7. The lowest BCUT2D eigenvalue weighted by molar-refractivity contribution is -0.117. The maximum atomic E-state index is 12.3. The van der Waals surface area contributed by atoms with E-state index in [1.807, 2.05) is 36.4 Å². The van der Waals surface area contributed by atoms with Crippen LogP contribution in [0.25, 0.3) is 0 Å². The maximum Gasteiger partial charge on any atom is 0.226 e. The number of nitrogens with one attached hydrogen (secondary N) is 2. The van der Waals surface area contributed by atoms with Gasteiger partial charge in [0.25, 0.3) is 0 Å². The van der Waals surface area contributed by atoms with Crippen LogP contribution >= 0.6 is 0 Å². The van der Waals surface area contributed by atoms with Gasteiger partial charge in [-0.1, -0.05) is 48.5 Å². The summed E-state index contributed by atoms with van der Waals surface area (Å²) >= 11 is 0. The Hall–Kier alpha value is -2.17. The molecule has 23 heavy (non-hydrogen) atoms. The predicted octanol–water partition coefficient (Wildman–Crippen LogP) is 2.59. The molecule has 2 aromatic rings. The lowest BCUT2D eigenvalue weighted by Gasteiger charge is -2.23. The first-order valence-corrected chi connectivity index (χ1v) is 8.04. The Morgan fingerprint density at radius 3 is 2.70 bits per heavy atom. The van der Waals surface area contributed by atoms with E-state index in [9.17, 15) is 4.79 Å². The number of para-hydroxylation sites is 1. The summed E-state index contributed by atoms with van der Waals surface area (Å²) in [5.74, 6) is 0.0218. The van der Waals surface area contributed by atoms with Gasteiger partial charge < -0.3 is 15.4 Å². The Labute approximate surface area is 136 Å². The van der Waals surface area contributed by atoms with Crippen molar-refractivity contribution in [3.63, 3.8) is 0 Å². The second-order valence-corrected chi connectivity index (χ2v) is 5.80. The zero-order valence-corrected chi connectivity index (χ0v) is 13.1. The smallest absolute Gasteiger partial charge is 0.226 e. The summed E-state index contributed by atoms with van der Waals surface area (Å²) in [5, 5.41) is 6.35. The average Bonchev–Trinajstić information content (AvgIpc) is 2.58. The van der Waals surface area contributed by atoms with Gasteiger partial charge in [0.15, 0.2) is 0 Å². The monoisotopic (exact) mass is 310 g/mol. The van der Waals surface area contributed by atoms with Gasteiger partial charge in [-0.05, 0) is 23.6 Å². The highest BCUT2D eigenvalue weighted by Gasteiger charge is 2.17. The van der Waals surface area contributed by atoms with Crippen LogP contribution in [0.2, 0.25) is 0 Å². The quantitative estimate of drug-likeness (QED) is 0.892. The summed E-state index contributed by atoms with van der Waals surface area (Å²) in [6.45, 7) is 2.12. The molecule has 0 bridgehead atoms. The number of hydrogen-bond acceptors (Lipinski definition) is 3. The van der Waals surface area contributed by atoms with Crippen molar-refractivity contribution < 1.29 is 9.53 Å². The standard InChI is InChI=1S/C19H22N2O2/c22-19(13-17-14-23-11-10-20-17)21-18-9-5-4-8-16(18)12-15-6-2-1-3-7-15/h1-9,17,20H,10-14H2,(H,21,22). The zero-order valence-electron chi connectivity index (χ0n) is 13.1. The molecule has 4 nitrogen and oxygen atoms in total. The van der Waals surface area contributed by atoms with Crippen molar-refractivity contribution >= 4 is 11.6 Å². The third kappa shape index (κ3) is 4.65. The first-order valence-electron chi connectivity index (χ1n) is 8.04. The number of morpholine rings is 1. The Bertz CT molecular complexity index is 637. The number of hydrogen-bond donors (Lipinski definition) is 2. The molecule has 0 spiro atoms. The van der Waals surface area contributed by atoms with Crippen molar-refractivity contribution in [1.29, 1.82) is 0 Å². The maximum absolute atomic E-state index is 12.3. The van der Waals surface area contributed by atoms with Crippen LogP contribution in [-0.4, -0.2) is 31.7 Å². The molecule has 3 rings (SSSR count). The summed E-state index contributed by atoms with van der Waals surface area (Å²) in [6.07, 6.45) is 1.24. The lowest BCUT2D eigenvalue weighted by Crippen LogP contribution is -2.43. The van der Waals surface area contributed by atoms with Crippen LogP contribution in [0, 0.1) is 0 Å². The molecule has 1 fully saturated rings. The Kier molecular flexibility index (Phi) is 5.40. The lowest BCUT2D eigenvalue weighted by atomic mass is 10.0. The number of benzene rings is 2. The van der Waals surface area contributed by atoms with Gasteiger partial charge in [0.2, 0.25) is 5.91 Å². The zero-order chi connectivity index (χ0) is 15.9. The van der Waals surface area contributed by atoms with Crippen LogP contribution in [0.1, 0.15) is 17.5 Å². The van der Waals surface area contributed by atoms with Crippen LogP contribution in [-0.2, 0) is 16.0 Å². The van der Waals surface area contributed by atoms with Crippen molar-refractivity contribution in [2.24, 2.45) is 0 Å². The van der Waals surface area contributed by atoms with Gasteiger partial charge in [0.1, 0.15) is 0 Å². The molecule has 0 radical (unpaired) electrons. The van der Waals surface area contributed by atoms with Crippen molar-refractivity contribution in [3.8, 4) is 0 Å². The van der Waals surface area contributed by atoms with Crippen molar-refractivity contribution in [3.05, 3.63) is 65.7 Å². The highest BCUT2D eigenvalue weighted by molar-refractivity contribution is 5.92. The highest BCUT2D eigenvalue weighted by atomic mass is 16.5. The van der Waals surface area contributed by atoms with Crippen LogP contribution < -0.4 is 10.6 Å². The van der Waals surface area contributed by atoms with Gasteiger partial charge >= 0.3 is 0 Å². The van der Waals surface area contributed by atoms with E-state index in [2.05, 4.69) is 28.8 Å². The molecule has 2 aromatic carbocycles. The minimum Gasteiger partial charge on any atom is -0.378 e. The molecular weight excluding hydrogens is 288 g/mol. The molecule has 120 valence electrons. The van der Waals surface area contributed by atoms with E-state index in [1.165, 1.54) is 5.56 Å². The molecule has 1 saturated heterocycles. The fraction of sp³-hybridized carbons (Fsp3) is 0.316. The Balaban J connectivity index is 1.64. The first-order chi connectivity index (χ1) is 11.3. The van der Waals surface area contributed by atoms with E-state index < -0.39 is 0 Å². The van der Waals surface area contributed by atoms with Gasteiger partial charge in [-0.2, -0.15) is 0 Å². The SMILES string of the molecule is O=C(CC1COCCN1)Nc1ccccc1Cc1ccccc1. The fourth-order valence-electron chi connectivity index (χ4n) is 2.79. The summed E-state index contributed by atoms with van der Waals surface area (Å²) in [7, 11) is 0. The van der Waals surface area contributed by atoms with Crippen LogP contribution in [0.5, 0.6) is 0 Å². The minimum atomic E-state index is 0.0218. The third-order valence-corrected chi connectivity index (χ3v) is 3.96. The Morgan fingerprint density at radius 1 is 1.13 bits per heavy atom. The molecule has 1 amide bonds. The average molecular weight is 310 g/mol. The number of amides is 1. The summed E-state index contributed by atoms with van der Waals surface area (Å²) in [6, 6.07) is 18.4. The predicted molar refractivity (Wildman–Crippen MR) is 91.5 cm³/mol. The Morgan fingerprint density at radius 2 is 1.91 bits per heavy atom. The second kappa shape index (κ2) is 7.90. The van der Waals surface area contributed by atoms with Crippen molar-refractivity contribution in [2.45, 2.75) is 18.9 Å². The highest BCUT2D eigenvalue weighted by Crippen LogP contribution is 2.19. The molecule has 1 heterocycles. The summed E-state index contributed by atoms with van der Waals surface area (Å²) in [4.78, 5) is 12.3. The van der Waals surface area contributed by atoms with Crippen molar-refractivity contribution in [1.82, 2.24) is 5.32 Å². The van der Waals surface area contributed by atoms with Gasteiger partial charge in [-0.15, -0.1) is 0 Å². The molecule has 0 aliphatic carbocycles.